The third-order valence-electron chi connectivity index (χ3n) is 5.02. The first-order valence-electron chi connectivity index (χ1n) is 10.2. The second-order valence-corrected chi connectivity index (χ2v) is 9.57. The SMILES string of the molecule is CCOC(=O)C1=C(C)N(c2ccccc2)[C@@]2(SC(C(=O)OC)=NN2c2ccc(OC)cc2)S1. The van der Waals surface area contributed by atoms with E-state index in [2.05, 4.69) is 5.10 Å². The summed E-state index contributed by atoms with van der Waals surface area (Å²) in [4.78, 5) is 27.8. The van der Waals surface area contributed by atoms with Gasteiger partial charge in [-0.25, -0.2) is 14.6 Å². The third-order valence-corrected chi connectivity index (χ3v) is 7.87. The fraction of sp³-hybridized carbons (Fsp3) is 0.261. The molecule has 2 aromatic rings. The summed E-state index contributed by atoms with van der Waals surface area (Å²) >= 11 is 2.51. The molecule has 1 spiro atoms. The lowest BCUT2D eigenvalue weighted by atomic mass is 10.2. The Morgan fingerprint density at radius 2 is 1.67 bits per heavy atom. The quantitative estimate of drug-likeness (QED) is 0.553. The number of hydrogen-bond donors (Lipinski definition) is 0. The smallest absolute Gasteiger partial charge is 0.365 e. The van der Waals surface area contributed by atoms with Crippen molar-refractivity contribution in [2.45, 2.75) is 18.2 Å². The number of carbonyl (C=O) groups is 2. The van der Waals surface area contributed by atoms with Gasteiger partial charge in [-0.15, -0.1) is 0 Å². The zero-order valence-corrected chi connectivity index (χ0v) is 20.2. The Balaban J connectivity index is 1.88. The molecule has 10 heteroatoms. The van der Waals surface area contributed by atoms with Gasteiger partial charge in [-0.3, -0.25) is 0 Å². The summed E-state index contributed by atoms with van der Waals surface area (Å²) in [5, 5.41) is 6.54. The highest BCUT2D eigenvalue weighted by atomic mass is 32.2. The second kappa shape index (κ2) is 9.40. The number of hydrogen-bond acceptors (Lipinski definition) is 10. The average Bonchev–Trinajstić information content (AvgIpc) is 3.36. The zero-order valence-electron chi connectivity index (χ0n) is 18.6. The van der Waals surface area contributed by atoms with E-state index in [0.717, 1.165) is 5.69 Å². The number of hydrazone groups is 1. The number of methoxy groups -OCH3 is 2. The molecule has 4 rings (SSSR count). The van der Waals surface area contributed by atoms with Crippen molar-refractivity contribution in [3.05, 3.63) is 65.2 Å². The van der Waals surface area contributed by atoms with Gasteiger partial charge < -0.3 is 19.1 Å². The Hall–Kier alpha value is -3.11. The van der Waals surface area contributed by atoms with E-state index < -0.39 is 16.3 Å². The summed E-state index contributed by atoms with van der Waals surface area (Å²) in [5.41, 5.74) is 2.26. The fourth-order valence-electron chi connectivity index (χ4n) is 3.55. The molecule has 0 aromatic heterocycles. The minimum Gasteiger partial charge on any atom is -0.497 e. The van der Waals surface area contributed by atoms with Gasteiger partial charge in [0, 0.05) is 11.4 Å². The van der Waals surface area contributed by atoms with Crippen LogP contribution in [0, 0.1) is 0 Å². The van der Waals surface area contributed by atoms with Crippen molar-refractivity contribution in [2.75, 3.05) is 30.7 Å². The maximum absolute atomic E-state index is 12.9. The van der Waals surface area contributed by atoms with Crippen LogP contribution in [0.2, 0.25) is 0 Å². The Kier molecular flexibility index (Phi) is 6.57. The maximum atomic E-state index is 12.9. The molecular weight excluding hydrogens is 462 g/mol. The van der Waals surface area contributed by atoms with Gasteiger partial charge >= 0.3 is 11.9 Å². The van der Waals surface area contributed by atoms with E-state index in [-0.39, 0.29) is 11.7 Å². The monoisotopic (exact) mass is 485 g/mol. The first-order chi connectivity index (χ1) is 15.9. The maximum Gasteiger partial charge on any atom is 0.365 e. The molecule has 2 aliphatic rings. The van der Waals surface area contributed by atoms with E-state index in [1.807, 2.05) is 66.4 Å². The Bertz CT molecular complexity index is 1120. The van der Waals surface area contributed by atoms with Crippen LogP contribution in [0.1, 0.15) is 13.8 Å². The zero-order chi connectivity index (χ0) is 23.6. The molecule has 8 nitrogen and oxygen atoms in total. The summed E-state index contributed by atoms with van der Waals surface area (Å²) in [6.07, 6.45) is 0. The van der Waals surface area contributed by atoms with Gasteiger partial charge in [-0.1, -0.05) is 30.0 Å². The molecule has 0 saturated carbocycles. The summed E-state index contributed by atoms with van der Waals surface area (Å²) in [5.74, 6) is -0.275. The van der Waals surface area contributed by atoms with Crippen LogP contribution in [0.3, 0.4) is 0 Å². The molecule has 0 amide bonds. The number of allylic oxidation sites excluding steroid dienone is 1. The van der Waals surface area contributed by atoms with Crippen molar-refractivity contribution in [1.82, 2.24) is 0 Å². The largest absolute Gasteiger partial charge is 0.497 e. The van der Waals surface area contributed by atoms with E-state index in [1.165, 1.54) is 30.6 Å². The fourth-order valence-corrected chi connectivity index (χ4v) is 6.52. The predicted octanol–water partition coefficient (Wildman–Crippen LogP) is 4.39. The van der Waals surface area contributed by atoms with E-state index in [9.17, 15) is 9.59 Å². The molecule has 0 fully saturated rings. The molecule has 0 unspecified atom stereocenters. The van der Waals surface area contributed by atoms with E-state index in [0.29, 0.717) is 22.0 Å². The van der Waals surface area contributed by atoms with Gasteiger partial charge in [0.25, 0.3) is 0 Å². The van der Waals surface area contributed by atoms with E-state index in [1.54, 1.807) is 19.0 Å². The van der Waals surface area contributed by atoms with Crippen LogP contribution < -0.4 is 14.6 Å². The van der Waals surface area contributed by atoms with Crippen LogP contribution in [0.15, 0.2) is 70.3 Å². The number of esters is 2. The van der Waals surface area contributed by atoms with Crippen molar-refractivity contribution in [3.8, 4) is 5.75 Å². The van der Waals surface area contributed by atoms with Gasteiger partial charge in [0.15, 0.2) is 0 Å². The second-order valence-electron chi connectivity index (χ2n) is 6.97. The Morgan fingerprint density at radius 1 is 0.970 bits per heavy atom. The number of rotatable bonds is 6. The van der Waals surface area contributed by atoms with Crippen LogP contribution in [0.25, 0.3) is 0 Å². The number of nitrogens with zero attached hydrogens (tertiary/aromatic N) is 3. The number of anilines is 2. The molecule has 2 aromatic carbocycles. The lowest BCUT2D eigenvalue weighted by molar-refractivity contribution is -0.137. The molecule has 172 valence electrons. The number of benzene rings is 2. The minimum atomic E-state index is -1.02. The van der Waals surface area contributed by atoms with Crippen molar-refractivity contribution in [2.24, 2.45) is 5.10 Å². The molecule has 2 aliphatic heterocycles. The Labute approximate surface area is 200 Å². The highest BCUT2D eigenvalue weighted by molar-refractivity contribution is 8.29. The van der Waals surface area contributed by atoms with Crippen LogP contribution in [-0.4, -0.2) is 42.1 Å². The normalized spacial score (nSPS) is 19.7. The first kappa shape index (κ1) is 23.1. The van der Waals surface area contributed by atoms with Gasteiger partial charge in [0.2, 0.25) is 9.37 Å². The van der Waals surface area contributed by atoms with Gasteiger partial charge in [0.1, 0.15) is 10.7 Å². The van der Waals surface area contributed by atoms with Crippen molar-refractivity contribution in [3.63, 3.8) is 0 Å². The lowest BCUT2D eigenvalue weighted by Crippen LogP contribution is -2.49. The highest BCUT2D eigenvalue weighted by Crippen LogP contribution is 2.60. The van der Waals surface area contributed by atoms with Gasteiger partial charge in [0.05, 0.1) is 26.5 Å². The minimum absolute atomic E-state index is 0.180. The highest BCUT2D eigenvalue weighted by Gasteiger charge is 2.58. The molecular formula is C23H23N3O5S2. The van der Waals surface area contributed by atoms with Gasteiger partial charge in [-0.05, 0) is 62.0 Å². The van der Waals surface area contributed by atoms with Crippen LogP contribution in [0.4, 0.5) is 11.4 Å². The first-order valence-corrected chi connectivity index (χ1v) is 11.8. The van der Waals surface area contributed by atoms with Crippen molar-refractivity contribution < 1.29 is 23.8 Å². The third kappa shape index (κ3) is 4.04. The van der Waals surface area contributed by atoms with Crippen LogP contribution in [0.5, 0.6) is 5.75 Å². The Morgan fingerprint density at radius 3 is 2.27 bits per heavy atom. The molecule has 2 heterocycles. The van der Waals surface area contributed by atoms with Crippen LogP contribution in [-0.2, 0) is 19.1 Å². The molecule has 0 N–H and O–H groups in total. The molecule has 0 saturated heterocycles. The number of para-hydroxylation sites is 1. The topological polar surface area (TPSA) is 80.7 Å². The molecule has 0 aliphatic carbocycles. The molecule has 33 heavy (non-hydrogen) atoms. The van der Waals surface area contributed by atoms with Crippen LogP contribution >= 0.6 is 23.5 Å². The molecule has 1 atom stereocenters. The van der Waals surface area contributed by atoms with Crippen molar-refractivity contribution >= 4 is 51.9 Å². The van der Waals surface area contributed by atoms with E-state index >= 15 is 0 Å². The van der Waals surface area contributed by atoms with E-state index in [4.69, 9.17) is 14.2 Å². The summed E-state index contributed by atoms with van der Waals surface area (Å²) in [6.45, 7) is 3.89. The standard InChI is InChI=1S/C23H23N3O5S2/c1-5-31-21(27)19-15(2)25(16-9-7-6-8-10-16)23(32-19)26(24-20(33-23)22(28)30-4)17-11-13-18(29-3)14-12-17/h6-14H,5H2,1-4H3/t23-/m0/s1. The predicted molar refractivity (Wildman–Crippen MR) is 131 cm³/mol. The summed E-state index contributed by atoms with van der Waals surface area (Å²) in [6, 6.07) is 17.0. The van der Waals surface area contributed by atoms with Crippen molar-refractivity contribution in [1.29, 1.82) is 0 Å². The van der Waals surface area contributed by atoms with Gasteiger partial charge in [-0.2, -0.15) is 5.10 Å². The lowest BCUT2D eigenvalue weighted by Gasteiger charge is -2.41. The summed E-state index contributed by atoms with van der Waals surface area (Å²) in [7, 11) is 2.91. The number of ether oxygens (including phenoxy) is 3. The number of thioether (sulfide) groups is 2. The molecule has 0 bridgehead atoms. The number of carbonyl (C=O) groups excluding carboxylic acids is 2. The average molecular weight is 486 g/mol. The summed E-state index contributed by atoms with van der Waals surface area (Å²) < 4.78 is 14.6. The molecule has 0 radical (unpaired) electrons.